The Balaban J connectivity index is 1.90. The van der Waals surface area contributed by atoms with Gasteiger partial charge in [0.2, 0.25) is 0 Å². The summed E-state index contributed by atoms with van der Waals surface area (Å²) in [5, 5.41) is 11.3. The van der Waals surface area contributed by atoms with E-state index in [1.54, 1.807) is 0 Å². The quantitative estimate of drug-likeness (QED) is 0.863. The zero-order chi connectivity index (χ0) is 15.4. The molecule has 0 saturated carbocycles. The summed E-state index contributed by atoms with van der Waals surface area (Å²) in [4.78, 5) is 14.0. The Morgan fingerprint density at radius 1 is 1.36 bits per heavy atom. The molecule has 1 aromatic carbocycles. The standard InChI is InChI=1S/C17H20N2O3/c1-18-13-4-3-11(15(20)17(21)22-2)9-12(13)14-10-5-7-19(8-6-10)16(14)18/h3-4,9-10,15,20H,5-8H2,1-2H3. The van der Waals surface area contributed by atoms with Gasteiger partial charge in [0.15, 0.2) is 6.10 Å². The van der Waals surface area contributed by atoms with Gasteiger partial charge in [-0.25, -0.2) is 4.79 Å². The Kier molecular flexibility index (Phi) is 2.94. The van der Waals surface area contributed by atoms with Crippen molar-refractivity contribution in [2.24, 2.45) is 7.05 Å². The van der Waals surface area contributed by atoms with E-state index >= 15 is 0 Å². The topological polar surface area (TPSA) is 54.7 Å². The van der Waals surface area contributed by atoms with Crippen LogP contribution in [-0.2, 0) is 16.6 Å². The molecule has 0 spiro atoms. The van der Waals surface area contributed by atoms with Gasteiger partial charge in [-0.05, 0) is 36.5 Å². The van der Waals surface area contributed by atoms with Gasteiger partial charge in [-0.1, -0.05) is 6.07 Å². The lowest BCUT2D eigenvalue weighted by atomic mass is 9.84. The molecule has 0 amide bonds. The van der Waals surface area contributed by atoms with Crippen molar-refractivity contribution in [3.8, 4) is 0 Å². The second kappa shape index (κ2) is 4.74. The highest BCUT2D eigenvalue weighted by Crippen LogP contribution is 2.47. The number of carbonyl (C=O) groups is 1. The van der Waals surface area contributed by atoms with E-state index in [-0.39, 0.29) is 0 Å². The van der Waals surface area contributed by atoms with Gasteiger partial charge in [-0.15, -0.1) is 0 Å². The molecule has 1 unspecified atom stereocenters. The molecule has 5 rings (SSSR count). The third-order valence-corrected chi connectivity index (χ3v) is 5.17. The number of carbonyl (C=O) groups excluding carboxylic acids is 1. The van der Waals surface area contributed by atoms with Gasteiger partial charge in [-0.3, -0.25) is 0 Å². The first-order chi connectivity index (χ1) is 10.6. The molecule has 2 bridgehead atoms. The van der Waals surface area contributed by atoms with Crippen LogP contribution >= 0.6 is 0 Å². The van der Waals surface area contributed by atoms with E-state index in [2.05, 4.69) is 21.3 Å². The first-order valence-electron chi connectivity index (χ1n) is 7.75. The fourth-order valence-electron chi connectivity index (χ4n) is 4.06. The summed E-state index contributed by atoms with van der Waals surface area (Å²) in [5.74, 6) is 1.28. The van der Waals surface area contributed by atoms with Crippen LogP contribution in [0.3, 0.4) is 0 Å². The summed E-state index contributed by atoms with van der Waals surface area (Å²) < 4.78 is 6.88. The number of rotatable bonds is 2. The number of methoxy groups -OCH3 is 1. The van der Waals surface area contributed by atoms with Crippen molar-refractivity contribution in [2.45, 2.75) is 24.9 Å². The number of benzene rings is 1. The van der Waals surface area contributed by atoms with Crippen LogP contribution in [-0.4, -0.2) is 35.8 Å². The molecule has 4 heterocycles. The first kappa shape index (κ1) is 13.6. The van der Waals surface area contributed by atoms with Crippen LogP contribution in [0.2, 0.25) is 0 Å². The summed E-state index contributed by atoms with van der Waals surface area (Å²) in [6, 6.07) is 5.76. The number of piperidine rings is 1. The van der Waals surface area contributed by atoms with E-state index in [4.69, 9.17) is 0 Å². The molecule has 1 saturated heterocycles. The predicted molar refractivity (Wildman–Crippen MR) is 84.1 cm³/mol. The minimum Gasteiger partial charge on any atom is -0.467 e. The third-order valence-electron chi connectivity index (χ3n) is 5.17. The predicted octanol–water partition coefficient (Wildman–Crippen LogP) is 2.08. The number of hydrogen-bond acceptors (Lipinski definition) is 4. The Morgan fingerprint density at radius 3 is 2.77 bits per heavy atom. The van der Waals surface area contributed by atoms with Gasteiger partial charge in [0.05, 0.1) is 7.11 Å². The average molecular weight is 300 g/mol. The van der Waals surface area contributed by atoms with Gasteiger partial charge in [0.25, 0.3) is 0 Å². The molecule has 2 aromatic rings. The second-order valence-corrected chi connectivity index (χ2v) is 6.26. The molecule has 5 nitrogen and oxygen atoms in total. The number of anilines is 1. The van der Waals surface area contributed by atoms with Crippen molar-refractivity contribution in [2.75, 3.05) is 25.1 Å². The highest BCUT2D eigenvalue weighted by molar-refractivity contribution is 5.93. The maximum Gasteiger partial charge on any atom is 0.339 e. The van der Waals surface area contributed by atoms with Crippen molar-refractivity contribution >= 4 is 22.7 Å². The van der Waals surface area contributed by atoms with Gasteiger partial charge < -0.3 is 19.3 Å². The van der Waals surface area contributed by atoms with Crippen LogP contribution in [0.4, 0.5) is 5.82 Å². The Bertz CT molecular complexity index is 757. The van der Waals surface area contributed by atoms with Crippen molar-refractivity contribution in [1.29, 1.82) is 0 Å². The highest BCUT2D eigenvalue weighted by Gasteiger charge is 2.35. The normalized spacial score (nSPS) is 18.6. The summed E-state index contributed by atoms with van der Waals surface area (Å²) in [6.45, 7) is 2.25. The number of ether oxygens (including phenoxy) is 1. The fourth-order valence-corrected chi connectivity index (χ4v) is 4.06. The Hall–Kier alpha value is -2.01. The summed E-state index contributed by atoms with van der Waals surface area (Å²) in [7, 11) is 3.39. The van der Waals surface area contributed by atoms with E-state index in [0.29, 0.717) is 11.5 Å². The van der Waals surface area contributed by atoms with Crippen LogP contribution < -0.4 is 4.90 Å². The number of esters is 1. The van der Waals surface area contributed by atoms with Crippen LogP contribution in [0, 0.1) is 0 Å². The lowest BCUT2D eigenvalue weighted by Gasteiger charge is -2.41. The minimum atomic E-state index is -1.22. The first-order valence-corrected chi connectivity index (χ1v) is 7.75. The van der Waals surface area contributed by atoms with E-state index in [1.165, 1.54) is 31.3 Å². The van der Waals surface area contributed by atoms with Gasteiger partial charge in [0, 0.05) is 36.6 Å². The van der Waals surface area contributed by atoms with Gasteiger partial charge >= 0.3 is 5.97 Å². The molecular weight excluding hydrogens is 280 g/mol. The van der Waals surface area contributed by atoms with E-state index in [9.17, 15) is 9.90 Å². The smallest absolute Gasteiger partial charge is 0.339 e. The van der Waals surface area contributed by atoms with Crippen molar-refractivity contribution in [3.05, 3.63) is 29.3 Å². The van der Waals surface area contributed by atoms with Gasteiger partial charge in [0.1, 0.15) is 5.82 Å². The fraction of sp³-hybridized carbons (Fsp3) is 0.471. The lowest BCUT2D eigenvalue weighted by Crippen LogP contribution is -2.39. The number of aliphatic hydroxyl groups is 1. The number of hydrogen-bond donors (Lipinski definition) is 1. The van der Waals surface area contributed by atoms with E-state index < -0.39 is 12.1 Å². The maximum absolute atomic E-state index is 11.6. The average Bonchev–Trinajstić information content (AvgIpc) is 2.89. The van der Waals surface area contributed by atoms with E-state index in [1.807, 2.05) is 18.2 Å². The van der Waals surface area contributed by atoms with Crippen LogP contribution in [0.25, 0.3) is 10.9 Å². The van der Waals surface area contributed by atoms with Crippen LogP contribution in [0.1, 0.15) is 36.0 Å². The molecule has 3 aliphatic rings. The zero-order valence-corrected chi connectivity index (χ0v) is 12.9. The highest BCUT2D eigenvalue weighted by atomic mass is 16.5. The minimum absolute atomic E-state index is 0.592. The van der Waals surface area contributed by atoms with Crippen LogP contribution in [0.5, 0.6) is 0 Å². The molecule has 5 heteroatoms. The summed E-state index contributed by atoms with van der Waals surface area (Å²) in [6.07, 6.45) is 1.16. The number of aryl methyl sites for hydroxylation is 1. The number of aliphatic hydroxyl groups excluding tert-OH is 1. The number of aromatic nitrogens is 1. The molecule has 1 atom stereocenters. The Labute approximate surface area is 129 Å². The van der Waals surface area contributed by atoms with E-state index in [0.717, 1.165) is 24.0 Å². The van der Waals surface area contributed by atoms with Gasteiger partial charge in [-0.2, -0.15) is 0 Å². The van der Waals surface area contributed by atoms with Crippen molar-refractivity contribution in [1.82, 2.24) is 4.57 Å². The molecule has 1 aromatic heterocycles. The third kappa shape index (κ3) is 1.72. The molecule has 0 radical (unpaired) electrons. The second-order valence-electron chi connectivity index (χ2n) is 6.26. The molecule has 22 heavy (non-hydrogen) atoms. The molecule has 3 aliphatic heterocycles. The molecule has 1 N–H and O–H groups in total. The Morgan fingerprint density at radius 2 is 2.09 bits per heavy atom. The zero-order valence-electron chi connectivity index (χ0n) is 12.9. The number of fused-ring (bicyclic) bond motifs is 3. The maximum atomic E-state index is 11.6. The summed E-state index contributed by atoms with van der Waals surface area (Å²) >= 11 is 0. The van der Waals surface area contributed by atoms with Crippen molar-refractivity contribution in [3.63, 3.8) is 0 Å². The summed E-state index contributed by atoms with van der Waals surface area (Å²) in [5.41, 5.74) is 3.14. The van der Waals surface area contributed by atoms with Crippen LogP contribution in [0.15, 0.2) is 18.2 Å². The SMILES string of the molecule is COC(=O)C(O)c1ccc2c(c1)c1c(n2C)N2CCC1CC2. The molecule has 1 fully saturated rings. The lowest BCUT2D eigenvalue weighted by molar-refractivity contribution is -0.150. The molecule has 116 valence electrons. The molecular formula is C17H20N2O3. The molecule has 0 aliphatic carbocycles. The monoisotopic (exact) mass is 300 g/mol. The van der Waals surface area contributed by atoms with Crippen molar-refractivity contribution < 1.29 is 14.6 Å². The largest absolute Gasteiger partial charge is 0.467 e. The number of nitrogens with zero attached hydrogens (tertiary/aromatic N) is 2.